The van der Waals surface area contributed by atoms with Gasteiger partial charge in [-0.25, -0.2) is 9.97 Å². The van der Waals surface area contributed by atoms with Gasteiger partial charge in [0, 0.05) is 26.3 Å². The van der Waals surface area contributed by atoms with E-state index in [1.165, 1.54) is 0 Å². The first-order chi connectivity index (χ1) is 14.3. The molecular weight excluding hydrogens is 401 g/mol. The Balaban J connectivity index is 1.73. The average molecular weight is 426 g/mol. The molecule has 2 rings (SSSR count). The van der Waals surface area contributed by atoms with Crippen molar-refractivity contribution >= 4 is 11.9 Å². The Morgan fingerprint density at radius 1 is 1.13 bits per heavy atom. The second kappa shape index (κ2) is 11.1. The molecule has 1 aromatic heterocycles. The highest BCUT2D eigenvalue weighted by atomic mass is 19.4. The molecule has 11 heteroatoms. The van der Waals surface area contributed by atoms with Gasteiger partial charge in [-0.15, -0.1) is 0 Å². The number of aromatic nitrogens is 2. The Labute approximate surface area is 172 Å². The van der Waals surface area contributed by atoms with E-state index in [1.807, 2.05) is 31.2 Å². The minimum atomic E-state index is -4.51. The van der Waals surface area contributed by atoms with Gasteiger partial charge in [-0.2, -0.15) is 13.2 Å². The Kier molecular flexibility index (Phi) is 8.51. The first-order valence-electron chi connectivity index (χ1n) is 9.21. The van der Waals surface area contributed by atoms with Crippen LogP contribution in [-0.2, 0) is 6.18 Å². The molecule has 3 N–H and O–H groups in total. The zero-order valence-electron chi connectivity index (χ0n) is 17.0. The van der Waals surface area contributed by atoms with Crippen LogP contribution in [0.2, 0.25) is 0 Å². The quantitative estimate of drug-likeness (QED) is 0.322. The number of nitrogens with one attached hydrogen (secondary N) is 3. The molecule has 8 nitrogen and oxygen atoms in total. The van der Waals surface area contributed by atoms with Crippen molar-refractivity contribution in [2.75, 3.05) is 39.1 Å². The number of alkyl halides is 3. The van der Waals surface area contributed by atoms with Crippen LogP contribution in [0.15, 0.2) is 41.5 Å². The zero-order chi connectivity index (χ0) is 22.0. The van der Waals surface area contributed by atoms with E-state index in [-0.39, 0.29) is 12.1 Å². The van der Waals surface area contributed by atoms with E-state index in [0.717, 1.165) is 12.3 Å². The first kappa shape index (κ1) is 23.0. The molecule has 0 aliphatic carbocycles. The maximum absolute atomic E-state index is 12.7. The normalized spacial score (nSPS) is 12.8. The lowest BCUT2D eigenvalue weighted by Crippen LogP contribution is -2.43. The summed E-state index contributed by atoms with van der Waals surface area (Å²) in [6.07, 6.45) is -3.61. The van der Waals surface area contributed by atoms with E-state index in [2.05, 4.69) is 30.9 Å². The maximum Gasteiger partial charge on any atom is 0.433 e. The van der Waals surface area contributed by atoms with Crippen molar-refractivity contribution < 1.29 is 22.6 Å². The monoisotopic (exact) mass is 426 g/mol. The summed E-state index contributed by atoms with van der Waals surface area (Å²) in [6, 6.07) is 8.18. The van der Waals surface area contributed by atoms with Crippen molar-refractivity contribution in [3.05, 3.63) is 42.2 Å². The molecule has 0 fully saturated rings. The predicted octanol–water partition coefficient (Wildman–Crippen LogP) is 2.55. The van der Waals surface area contributed by atoms with Crippen LogP contribution >= 0.6 is 0 Å². The van der Waals surface area contributed by atoms with E-state index >= 15 is 0 Å². The summed E-state index contributed by atoms with van der Waals surface area (Å²) in [5.41, 5.74) is -0.991. The van der Waals surface area contributed by atoms with Crippen LogP contribution in [0.25, 0.3) is 0 Å². The number of aliphatic imine (C=N–C) groups is 1. The van der Waals surface area contributed by atoms with Crippen LogP contribution in [0.1, 0.15) is 12.6 Å². The van der Waals surface area contributed by atoms with Gasteiger partial charge in [0.1, 0.15) is 11.8 Å². The lowest BCUT2D eigenvalue weighted by atomic mass is 10.3. The highest BCUT2D eigenvalue weighted by molar-refractivity contribution is 5.79. The summed E-state index contributed by atoms with van der Waals surface area (Å²) in [4.78, 5) is 11.3. The second-order valence-corrected chi connectivity index (χ2v) is 6.15. The molecule has 1 unspecified atom stereocenters. The van der Waals surface area contributed by atoms with E-state index < -0.39 is 11.9 Å². The molecule has 0 spiro atoms. The number of nitrogens with zero attached hydrogens (tertiary/aromatic N) is 3. The van der Waals surface area contributed by atoms with Crippen LogP contribution < -0.4 is 25.4 Å². The van der Waals surface area contributed by atoms with Crippen molar-refractivity contribution in [1.82, 2.24) is 20.6 Å². The highest BCUT2D eigenvalue weighted by Crippen LogP contribution is 2.27. The maximum atomic E-state index is 12.7. The van der Waals surface area contributed by atoms with Gasteiger partial charge in [-0.3, -0.25) is 4.99 Å². The highest BCUT2D eigenvalue weighted by Gasteiger charge is 2.32. The molecule has 2 aromatic rings. The summed E-state index contributed by atoms with van der Waals surface area (Å²) < 4.78 is 49.1. The minimum absolute atomic E-state index is 0.0894. The van der Waals surface area contributed by atoms with Crippen LogP contribution in [0.4, 0.5) is 19.1 Å². The van der Waals surface area contributed by atoms with E-state index in [1.54, 1.807) is 14.2 Å². The standard InChI is InChI=1S/C19H25F3N6O2/c1-13(30-15-7-5-4-6-14(15)29-3)12-27-17(23-2)25-10-11-26-18-24-9-8-16(28-18)19(20,21)22/h4-9,13H,10-12H2,1-3H3,(H2,23,25,27)(H,24,26,28). The van der Waals surface area contributed by atoms with Gasteiger partial charge in [0.2, 0.25) is 5.95 Å². The molecule has 0 aliphatic rings. The number of ether oxygens (including phenoxy) is 2. The largest absolute Gasteiger partial charge is 0.493 e. The van der Waals surface area contributed by atoms with Crippen molar-refractivity contribution in [3.8, 4) is 11.5 Å². The Morgan fingerprint density at radius 2 is 1.87 bits per heavy atom. The van der Waals surface area contributed by atoms with E-state index in [9.17, 15) is 13.2 Å². The molecular formula is C19H25F3N6O2. The van der Waals surface area contributed by atoms with Crippen molar-refractivity contribution in [2.45, 2.75) is 19.2 Å². The number of halogens is 3. The van der Waals surface area contributed by atoms with Gasteiger partial charge in [0.15, 0.2) is 17.5 Å². The minimum Gasteiger partial charge on any atom is -0.493 e. The zero-order valence-corrected chi connectivity index (χ0v) is 17.0. The van der Waals surface area contributed by atoms with Gasteiger partial charge in [0.25, 0.3) is 0 Å². The molecule has 1 heterocycles. The molecule has 30 heavy (non-hydrogen) atoms. The molecule has 0 bridgehead atoms. The third kappa shape index (κ3) is 7.30. The summed E-state index contributed by atoms with van der Waals surface area (Å²) >= 11 is 0. The number of anilines is 1. The number of hydrogen-bond donors (Lipinski definition) is 3. The van der Waals surface area contributed by atoms with Crippen molar-refractivity contribution in [2.24, 2.45) is 4.99 Å². The third-order valence-electron chi connectivity index (χ3n) is 3.82. The van der Waals surface area contributed by atoms with Gasteiger partial charge in [-0.1, -0.05) is 12.1 Å². The fourth-order valence-corrected chi connectivity index (χ4v) is 2.39. The van der Waals surface area contributed by atoms with Crippen LogP contribution in [0, 0.1) is 0 Å². The first-order valence-corrected chi connectivity index (χ1v) is 9.21. The topological polar surface area (TPSA) is 92.7 Å². The van der Waals surface area contributed by atoms with Gasteiger partial charge < -0.3 is 25.4 Å². The second-order valence-electron chi connectivity index (χ2n) is 6.15. The van der Waals surface area contributed by atoms with E-state index in [4.69, 9.17) is 9.47 Å². The Hall–Kier alpha value is -3.24. The molecule has 1 atom stereocenters. The third-order valence-corrected chi connectivity index (χ3v) is 3.82. The molecule has 0 aliphatic heterocycles. The van der Waals surface area contributed by atoms with Crippen molar-refractivity contribution in [1.29, 1.82) is 0 Å². The molecule has 0 radical (unpaired) electrons. The summed E-state index contributed by atoms with van der Waals surface area (Å²) in [5, 5.41) is 8.91. The van der Waals surface area contributed by atoms with E-state index in [0.29, 0.717) is 37.1 Å². The number of hydrogen-bond acceptors (Lipinski definition) is 6. The lowest BCUT2D eigenvalue weighted by Gasteiger charge is -2.19. The van der Waals surface area contributed by atoms with Crippen LogP contribution in [0.3, 0.4) is 0 Å². The number of para-hydroxylation sites is 2. The fraction of sp³-hybridized carbons (Fsp3) is 0.421. The number of benzene rings is 1. The summed E-state index contributed by atoms with van der Waals surface area (Å²) in [6.45, 7) is 3.07. The number of methoxy groups -OCH3 is 1. The fourth-order valence-electron chi connectivity index (χ4n) is 2.39. The Morgan fingerprint density at radius 3 is 2.53 bits per heavy atom. The summed E-state index contributed by atoms with van der Waals surface area (Å²) in [7, 11) is 3.19. The van der Waals surface area contributed by atoms with Gasteiger partial charge in [-0.05, 0) is 25.1 Å². The van der Waals surface area contributed by atoms with Crippen LogP contribution in [0.5, 0.6) is 11.5 Å². The Bertz CT molecular complexity index is 832. The lowest BCUT2D eigenvalue weighted by molar-refractivity contribution is -0.141. The smallest absolute Gasteiger partial charge is 0.433 e. The molecule has 0 amide bonds. The van der Waals surface area contributed by atoms with Gasteiger partial charge in [0.05, 0.1) is 13.7 Å². The van der Waals surface area contributed by atoms with Crippen molar-refractivity contribution in [3.63, 3.8) is 0 Å². The molecule has 0 saturated carbocycles. The van der Waals surface area contributed by atoms with Crippen LogP contribution in [-0.4, -0.2) is 55.8 Å². The average Bonchev–Trinajstić information content (AvgIpc) is 2.73. The van der Waals surface area contributed by atoms with Gasteiger partial charge >= 0.3 is 6.18 Å². The molecule has 0 saturated heterocycles. The molecule has 164 valence electrons. The number of guanidine groups is 1. The summed E-state index contributed by atoms with van der Waals surface area (Å²) in [5.74, 6) is 1.72. The molecule has 1 aromatic carbocycles. The SMILES string of the molecule is CN=C(NCCNc1nccc(C(F)(F)F)n1)NCC(C)Oc1ccccc1OC. The number of rotatable bonds is 9. The predicted molar refractivity (Wildman–Crippen MR) is 108 cm³/mol.